The Bertz CT molecular complexity index is 1440. The number of Topliss-reactive ketones (excluding diaryl/α,β-unsaturated/α-hetero) is 3. The largest absolute Gasteiger partial charge is 0.363 e. The number of hydrogen-bond acceptors (Lipinski definition) is 7. The van der Waals surface area contributed by atoms with Gasteiger partial charge in [-0.25, -0.2) is 0 Å². The van der Waals surface area contributed by atoms with Crippen LogP contribution in [-0.2, 0) is 28.8 Å². The molecule has 10 heteroatoms. The van der Waals surface area contributed by atoms with Gasteiger partial charge in [0.2, 0.25) is 17.6 Å². The Morgan fingerprint density at radius 1 is 0.808 bits per heavy atom. The molecule has 4 atom stereocenters. The summed E-state index contributed by atoms with van der Waals surface area (Å²) in [5.41, 5.74) is 4.05. The molecule has 0 aromatic carbocycles. The summed E-state index contributed by atoms with van der Waals surface area (Å²) in [6.45, 7) is 14.0. The number of nitrogens with two attached hydrogens (primary N) is 1. The number of hydrogen-bond donors (Lipinski definition) is 1. The van der Waals surface area contributed by atoms with E-state index in [-0.39, 0.29) is 58.9 Å². The highest BCUT2D eigenvalue weighted by molar-refractivity contribution is 6.36. The van der Waals surface area contributed by atoms with Gasteiger partial charge in [0, 0.05) is 69.2 Å². The average Bonchev–Trinajstić information content (AvgIpc) is 3.26. The molecule has 0 aromatic rings. The van der Waals surface area contributed by atoms with Crippen LogP contribution in [0.2, 0.25) is 0 Å². The Morgan fingerprint density at radius 2 is 1.44 bits per heavy atom. The highest BCUT2D eigenvalue weighted by Gasteiger charge is 2.85. The number of nitrogens with zero attached hydrogens (tertiary/aromatic N) is 3. The Kier molecular flexibility index (Phi) is 10.7. The van der Waals surface area contributed by atoms with Gasteiger partial charge in [-0.2, -0.15) is 0 Å². The molecule has 4 saturated carbocycles. The van der Waals surface area contributed by atoms with Gasteiger partial charge in [-0.05, 0) is 67.7 Å². The second kappa shape index (κ2) is 14.2. The second-order valence-corrected chi connectivity index (χ2v) is 19.7. The van der Waals surface area contributed by atoms with Crippen molar-refractivity contribution in [3.05, 3.63) is 0 Å². The van der Waals surface area contributed by atoms with Crippen LogP contribution in [0, 0.1) is 44.8 Å². The molecular formula is C42H66N4O6. The normalized spacial score (nSPS) is 29.2. The summed E-state index contributed by atoms with van der Waals surface area (Å²) in [6.07, 6.45) is 11.8. The average molecular weight is 723 g/mol. The first kappa shape index (κ1) is 39.1. The topological polar surface area (TPSA) is 138 Å². The fourth-order valence-electron chi connectivity index (χ4n) is 11.8. The van der Waals surface area contributed by atoms with Crippen LogP contribution >= 0.6 is 0 Å². The fraction of sp³-hybridized carbons (Fsp3) is 0.857. The van der Waals surface area contributed by atoms with E-state index in [9.17, 15) is 24.0 Å². The van der Waals surface area contributed by atoms with Crippen molar-refractivity contribution in [1.29, 1.82) is 0 Å². The Labute approximate surface area is 311 Å². The van der Waals surface area contributed by atoms with E-state index >= 15 is 4.79 Å². The third-order valence-electron chi connectivity index (χ3n) is 15.7. The maximum Gasteiger partial charge on any atom is 0.285 e. The lowest BCUT2D eigenvalue weighted by Crippen LogP contribution is -2.53. The van der Waals surface area contributed by atoms with Crippen molar-refractivity contribution in [2.24, 2.45) is 50.6 Å². The first-order valence-corrected chi connectivity index (χ1v) is 20.5. The van der Waals surface area contributed by atoms with Crippen molar-refractivity contribution >= 4 is 35.1 Å². The van der Waals surface area contributed by atoms with Gasteiger partial charge < -0.3 is 20.4 Å². The summed E-state index contributed by atoms with van der Waals surface area (Å²) in [7, 11) is 2.07. The molecule has 0 bridgehead atoms. The second-order valence-electron chi connectivity index (χ2n) is 19.7. The molecule has 0 aromatic heterocycles. The summed E-state index contributed by atoms with van der Waals surface area (Å²) in [4.78, 5) is 89.0. The number of rotatable bonds is 13. The molecule has 2 aliphatic heterocycles. The summed E-state index contributed by atoms with van der Waals surface area (Å²) in [5.74, 6) is -3.10. The Morgan fingerprint density at radius 3 is 1.94 bits per heavy atom. The molecule has 3 amide bonds. The maximum atomic E-state index is 15.0. The van der Waals surface area contributed by atoms with E-state index in [0.717, 1.165) is 70.9 Å². The molecule has 6 rings (SSSR count). The smallest absolute Gasteiger partial charge is 0.285 e. The number of fused-ring (bicyclic) bond motifs is 1. The molecule has 2 saturated heterocycles. The predicted molar refractivity (Wildman–Crippen MR) is 199 cm³/mol. The summed E-state index contributed by atoms with van der Waals surface area (Å²) in [5, 5.41) is 0. The zero-order valence-electron chi connectivity index (χ0n) is 33.0. The van der Waals surface area contributed by atoms with E-state index in [0.29, 0.717) is 51.2 Å². The first-order valence-electron chi connectivity index (χ1n) is 20.5. The quantitative estimate of drug-likeness (QED) is 0.254. The van der Waals surface area contributed by atoms with Crippen LogP contribution in [0.3, 0.4) is 0 Å². The number of primary amides is 1. The Hall–Kier alpha value is -2.62. The minimum atomic E-state index is -1.00. The molecule has 2 spiro atoms. The molecule has 10 nitrogen and oxygen atoms in total. The van der Waals surface area contributed by atoms with Crippen LogP contribution in [0.4, 0.5) is 0 Å². The highest BCUT2D eigenvalue weighted by Crippen LogP contribution is 2.88. The van der Waals surface area contributed by atoms with E-state index in [1.165, 1.54) is 0 Å². The fourth-order valence-corrected chi connectivity index (χ4v) is 11.8. The highest BCUT2D eigenvalue weighted by atomic mass is 16.2. The number of likely N-dealkylation sites (tertiary alicyclic amines) is 1. The first-order chi connectivity index (χ1) is 24.4. The summed E-state index contributed by atoms with van der Waals surface area (Å²) >= 11 is 0. The lowest BCUT2D eigenvalue weighted by Gasteiger charge is -2.42. The molecule has 6 fully saturated rings. The van der Waals surface area contributed by atoms with Crippen LogP contribution in [-0.4, -0.2) is 95.6 Å². The van der Waals surface area contributed by atoms with Crippen LogP contribution < -0.4 is 5.73 Å². The zero-order chi connectivity index (χ0) is 37.9. The number of amides is 3. The zero-order valence-corrected chi connectivity index (χ0v) is 33.0. The molecule has 2 N–H and O–H groups in total. The number of carbonyl (C=O) groups is 6. The van der Waals surface area contributed by atoms with Crippen LogP contribution in [0.25, 0.3) is 0 Å². The van der Waals surface area contributed by atoms with Crippen molar-refractivity contribution in [3.8, 4) is 0 Å². The molecule has 4 aliphatic carbocycles. The Balaban J connectivity index is 1.24. The van der Waals surface area contributed by atoms with Gasteiger partial charge in [-0.1, -0.05) is 79.6 Å². The van der Waals surface area contributed by atoms with Crippen LogP contribution in [0.15, 0.2) is 0 Å². The molecule has 1 unspecified atom stereocenters. The molecule has 290 valence electrons. The predicted octanol–water partition coefficient (Wildman–Crippen LogP) is 5.34. The van der Waals surface area contributed by atoms with Gasteiger partial charge in [-0.15, -0.1) is 0 Å². The SMILES string of the molecule is CN1CCN(C(=O)C2(CC(=O)C[C@H](C(=O)N3C[C@]4(C[C@H]3C(=O)CC(CC3CCC3)C(=O)C(N)=O)C(C)(C)C43CCC3)C(C)(C)C)CCCCC2)CC1. The minimum Gasteiger partial charge on any atom is -0.363 e. The number of piperazine rings is 1. The van der Waals surface area contributed by atoms with Gasteiger partial charge in [0.1, 0.15) is 5.78 Å². The van der Waals surface area contributed by atoms with E-state index in [1.807, 2.05) is 25.7 Å². The van der Waals surface area contributed by atoms with E-state index in [4.69, 9.17) is 5.73 Å². The van der Waals surface area contributed by atoms with Crippen LogP contribution in [0.5, 0.6) is 0 Å². The molecule has 52 heavy (non-hydrogen) atoms. The minimum absolute atomic E-state index is 0.0313. The summed E-state index contributed by atoms with van der Waals surface area (Å²) in [6, 6.07) is -0.709. The van der Waals surface area contributed by atoms with Crippen LogP contribution in [0.1, 0.15) is 137 Å². The van der Waals surface area contributed by atoms with Crippen molar-refractivity contribution in [2.45, 2.75) is 143 Å². The van der Waals surface area contributed by atoms with E-state index in [2.05, 4.69) is 25.8 Å². The lowest BCUT2D eigenvalue weighted by atomic mass is 9.68. The summed E-state index contributed by atoms with van der Waals surface area (Å²) < 4.78 is 0. The van der Waals surface area contributed by atoms with Gasteiger partial charge in [0.15, 0.2) is 5.78 Å². The van der Waals surface area contributed by atoms with Crippen molar-refractivity contribution in [1.82, 2.24) is 14.7 Å². The monoisotopic (exact) mass is 722 g/mol. The molecular weight excluding hydrogens is 656 g/mol. The standard InChI is InChI=1S/C42H66N4O6/c1-38(2,3)31(24-30(47)25-40(14-8-7-9-15-40)37(52)45-20-18-44(6)19-21-45)36(51)46-27-42(39(4,5)41(42)16-11-17-41)26-32(46)33(48)23-29(34(49)35(43)50)22-28-12-10-13-28/h28-29,31-32H,7-27H2,1-6H3,(H2,43,50)/t29?,31-,32+,42-/m1/s1. The van der Waals surface area contributed by atoms with E-state index in [1.54, 1.807) is 4.90 Å². The van der Waals surface area contributed by atoms with Gasteiger partial charge in [-0.3, -0.25) is 28.8 Å². The molecule has 2 heterocycles. The van der Waals surface area contributed by atoms with Gasteiger partial charge >= 0.3 is 0 Å². The van der Waals surface area contributed by atoms with Crippen molar-refractivity contribution in [3.63, 3.8) is 0 Å². The third kappa shape index (κ3) is 6.70. The van der Waals surface area contributed by atoms with Gasteiger partial charge in [0.25, 0.3) is 5.91 Å². The molecule has 6 aliphatic rings. The molecule has 0 radical (unpaired) electrons. The maximum absolute atomic E-state index is 15.0. The number of carbonyl (C=O) groups excluding carboxylic acids is 6. The van der Waals surface area contributed by atoms with Gasteiger partial charge in [0.05, 0.1) is 11.5 Å². The van der Waals surface area contributed by atoms with Crippen molar-refractivity contribution < 1.29 is 28.8 Å². The van der Waals surface area contributed by atoms with E-state index < -0.39 is 40.4 Å². The lowest BCUT2D eigenvalue weighted by molar-refractivity contribution is -0.150. The number of ketones is 3. The number of likely N-dealkylation sites (N-methyl/N-ethyl adjacent to an activating group) is 1. The third-order valence-corrected chi connectivity index (χ3v) is 15.7. The van der Waals surface area contributed by atoms with Crippen molar-refractivity contribution in [2.75, 3.05) is 39.8 Å².